The van der Waals surface area contributed by atoms with Crippen molar-refractivity contribution < 1.29 is 4.39 Å². The van der Waals surface area contributed by atoms with Crippen LogP contribution in [0.25, 0.3) is 11.1 Å². The lowest BCUT2D eigenvalue weighted by atomic mass is 9.87. The predicted molar refractivity (Wildman–Crippen MR) is 94.6 cm³/mol. The van der Waals surface area contributed by atoms with Crippen molar-refractivity contribution in [2.75, 3.05) is 0 Å². The molecule has 1 saturated carbocycles. The molecule has 3 nitrogen and oxygen atoms in total. The van der Waals surface area contributed by atoms with E-state index in [0.29, 0.717) is 17.0 Å². The van der Waals surface area contributed by atoms with Crippen LogP contribution in [0.1, 0.15) is 73.4 Å². The van der Waals surface area contributed by atoms with Crippen LogP contribution in [0.3, 0.4) is 0 Å². The monoisotopic (exact) mass is 335 g/mol. The van der Waals surface area contributed by atoms with Gasteiger partial charge in [-0.2, -0.15) is 5.26 Å². The number of fused-ring (bicyclic) bond motifs is 1. The number of aromatic nitrogens is 2. The second-order valence-corrected chi connectivity index (χ2v) is 7.18. The van der Waals surface area contributed by atoms with E-state index in [1.807, 2.05) is 0 Å². The molecule has 0 unspecified atom stereocenters. The molecule has 25 heavy (non-hydrogen) atoms. The number of nitriles is 1. The molecule has 0 spiro atoms. The fourth-order valence-electron chi connectivity index (χ4n) is 4.42. The standard InChI is InChI=1S/C21H22FN3/c22-18-13-24-11-10-15(18)20-16-8-2-1-3-9-19(16)25-21(17(20)12-23)14-6-4-5-7-14/h10-11,13-14H,1-9H2. The molecular weight excluding hydrogens is 313 g/mol. The Bertz CT molecular complexity index is 832. The molecule has 0 bridgehead atoms. The lowest BCUT2D eigenvalue weighted by Gasteiger charge is -2.20. The number of nitrogens with zero attached hydrogens (tertiary/aromatic N) is 3. The third kappa shape index (κ3) is 2.93. The largest absolute Gasteiger partial charge is 0.262 e. The van der Waals surface area contributed by atoms with Gasteiger partial charge in [0.1, 0.15) is 11.9 Å². The van der Waals surface area contributed by atoms with Gasteiger partial charge >= 0.3 is 0 Å². The first kappa shape index (κ1) is 16.2. The summed E-state index contributed by atoms with van der Waals surface area (Å²) in [6.07, 6.45) is 12.6. The molecule has 2 aliphatic carbocycles. The summed E-state index contributed by atoms with van der Waals surface area (Å²) >= 11 is 0. The molecule has 2 aliphatic rings. The maximum atomic E-state index is 14.6. The van der Waals surface area contributed by atoms with Crippen LogP contribution < -0.4 is 0 Å². The molecule has 4 heteroatoms. The van der Waals surface area contributed by atoms with Crippen molar-refractivity contribution >= 4 is 0 Å². The SMILES string of the molecule is N#Cc1c(C2CCCC2)nc2c(c1-c1ccncc1F)CCCCC2. The molecule has 4 rings (SSSR count). The van der Waals surface area contributed by atoms with Gasteiger partial charge in [0, 0.05) is 28.9 Å². The molecule has 0 atom stereocenters. The van der Waals surface area contributed by atoms with Gasteiger partial charge in [-0.05, 0) is 50.2 Å². The molecule has 0 radical (unpaired) electrons. The van der Waals surface area contributed by atoms with E-state index in [-0.39, 0.29) is 5.82 Å². The number of rotatable bonds is 2. The highest BCUT2D eigenvalue weighted by atomic mass is 19.1. The highest BCUT2D eigenvalue weighted by molar-refractivity contribution is 5.76. The number of aryl methyl sites for hydroxylation is 1. The Hall–Kier alpha value is -2.28. The second kappa shape index (κ2) is 6.92. The smallest absolute Gasteiger partial charge is 0.149 e. The van der Waals surface area contributed by atoms with Gasteiger partial charge in [0.2, 0.25) is 0 Å². The van der Waals surface area contributed by atoms with Crippen molar-refractivity contribution in [3.8, 4) is 17.2 Å². The third-order valence-corrected chi connectivity index (χ3v) is 5.65. The number of hydrogen-bond donors (Lipinski definition) is 0. The van der Waals surface area contributed by atoms with Crippen molar-refractivity contribution in [3.63, 3.8) is 0 Å². The van der Waals surface area contributed by atoms with Crippen molar-refractivity contribution in [3.05, 3.63) is 46.8 Å². The van der Waals surface area contributed by atoms with Gasteiger partial charge in [-0.15, -0.1) is 0 Å². The summed E-state index contributed by atoms with van der Waals surface area (Å²) in [6, 6.07) is 4.09. The van der Waals surface area contributed by atoms with Gasteiger partial charge in [-0.1, -0.05) is 19.3 Å². The second-order valence-electron chi connectivity index (χ2n) is 7.18. The van der Waals surface area contributed by atoms with Gasteiger partial charge in [-0.25, -0.2) is 4.39 Å². The summed E-state index contributed by atoms with van der Waals surface area (Å²) in [5, 5.41) is 9.96. The van der Waals surface area contributed by atoms with Gasteiger partial charge in [0.15, 0.2) is 0 Å². The maximum absolute atomic E-state index is 14.6. The average molecular weight is 335 g/mol. The number of hydrogen-bond acceptors (Lipinski definition) is 3. The summed E-state index contributed by atoms with van der Waals surface area (Å²) in [7, 11) is 0. The summed E-state index contributed by atoms with van der Waals surface area (Å²) < 4.78 is 14.6. The van der Waals surface area contributed by atoms with E-state index < -0.39 is 0 Å². The van der Waals surface area contributed by atoms with Crippen LogP contribution in [0, 0.1) is 17.1 Å². The lowest BCUT2D eigenvalue weighted by molar-refractivity contribution is 0.624. The van der Waals surface area contributed by atoms with E-state index in [1.54, 1.807) is 12.3 Å². The zero-order valence-corrected chi connectivity index (χ0v) is 14.4. The minimum Gasteiger partial charge on any atom is -0.262 e. The first-order valence-corrected chi connectivity index (χ1v) is 9.35. The zero-order valence-electron chi connectivity index (χ0n) is 14.4. The summed E-state index contributed by atoms with van der Waals surface area (Å²) in [5.74, 6) is -0.0131. The Morgan fingerprint density at radius 1 is 1.08 bits per heavy atom. The van der Waals surface area contributed by atoms with Crippen LogP contribution >= 0.6 is 0 Å². The minimum absolute atomic E-state index is 0.340. The topological polar surface area (TPSA) is 49.6 Å². The number of pyridine rings is 2. The van der Waals surface area contributed by atoms with Gasteiger partial charge in [-0.3, -0.25) is 9.97 Å². The lowest BCUT2D eigenvalue weighted by Crippen LogP contribution is -2.10. The Morgan fingerprint density at radius 3 is 2.64 bits per heavy atom. The van der Waals surface area contributed by atoms with E-state index in [1.165, 1.54) is 19.0 Å². The molecule has 0 aliphatic heterocycles. The first-order chi connectivity index (χ1) is 12.3. The average Bonchev–Trinajstić information content (AvgIpc) is 3.06. The van der Waals surface area contributed by atoms with Gasteiger partial charge < -0.3 is 0 Å². The normalized spacial score (nSPS) is 17.8. The molecule has 0 N–H and O–H groups in total. The Morgan fingerprint density at radius 2 is 1.88 bits per heavy atom. The summed E-state index contributed by atoms with van der Waals surface area (Å²) in [4.78, 5) is 8.86. The van der Waals surface area contributed by atoms with Crippen LogP contribution in [0.4, 0.5) is 4.39 Å². The van der Waals surface area contributed by atoms with E-state index in [4.69, 9.17) is 4.98 Å². The van der Waals surface area contributed by atoms with E-state index in [9.17, 15) is 9.65 Å². The molecule has 2 heterocycles. The molecule has 2 aromatic heterocycles. The summed E-state index contributed by atoms with van der Waals surface area (Å²) in [6.45, 7) is 0. The van der Waals surface area contributed by atoms with Crippen molar-refractivity contribution in [2.45, 2.75) is 63.7 Å². The molecule has 0 saturated heterocycles. The maximum Gasteiger partial charge on any atom is 0.149 e. The summed E-state index contributed by atoms with van der Waals surface area (Å²) in [5.41, 5.74) is 4.97. The quantitative estimate of drug-likeness (QED) is 0.719. The highest BCUT2D eigenvalue weighted by Crippen LogP contribution is 2.41. The highest BCUT2D eigenvalue weighted by Gasteiger charge is 2.28. The van der Waals surface area contributed by atoms with Crippen LogP contribution in [-0.4, -0.2) is 9.97 Å². The van der Waals surface area contributed by atoms with Crippen molar-refractivity contribution in [1.29, 1.82) is 5.26 Å². The van der Waals surface area contributed by atoms with Gasteiger partial charge in [0.05, 0.1) is 17.5 Å². The molecule has 2 aromatic rings. The molecule has 128 valence electrons. The van der Waals surface area contributed by atoms with E-state index in [2.05, 4.69) is 11.1 Å². The Kier molecular flexibility index (Phi) is 4.48. The predicted octanol–water partition coefficient (Wildman–Crippen LogP) is 5.08. The molecule has 0 aromatic carbocycles. The van der Waals surface area contributed by atoms with Crippen LogP contribution in [0.5, 0.6) is 0 Å². The Balaban J connectivity index is 2.00. The van der Waals surface area contributed by atoms with Crippen molar-refractivity contribution in [1.82, 2.24) is 9.97 Å². The first-order valence-electron chi connectivity index (χ1n) is 9.35. The fraction of sp³-hybridized carbons (Fsp3) is 0.476. The molecular formula is C21H22FN3. The number of halogens is 1. The van der Waals surface area contributed by atoms with Crippen molar-refractivity contribution in [2.24, 2.45) is 0 Å². The van der Waals surface area contributed by atoms with E-state index >= 15 is 0 Å². The zero-order chi connectivity index (χ0) is 17.2. The molecule has 1 fully saturated rings. The van der Waals surface area contributed by atoms with Crippen LogP contribution in [0.15, 0.2) is 18.5 Å². The third-order valence-electron chi connectivity index (χ3n) is 5.65. The van der Waals surface area contributed by atoms with E-state index in [0.717, 1.165) is 67.5 Å². The van der Waals surface area contributed by atoms with Gasteiger partial charge in [0.25, 0.3) is 0 Å². The fourth-order valence-corrected chi connectivity index (χ4v) is 4.42. The Labute approximate surface area is 147 Å². The minimum atomic E-state index is -0.353. The van der Waals surface area contributed by atoms with Crippen LogP contribution in [-0.2, 0) is 12.8 Å². The van der Waals surface area contributed by atoms with Crippen LogP contribution in [0.2, 0.25) is 0 Å². The molecule has 0 amide bonds.